The molecule has 198 valence electrons. The lowest BCUT2D eigenvalue weighted by Gasteiger charge is -2.35. The summed E-state index contributed by atoms with van der Waals surface area (Å²) in [6.07, 6.45) is 4.20. The standard InChI is InChI=1S/C30H46N4O2/c1-20-15-23(4)28(24(5)16-20)30-32-27(25(6)36-30)19-33-12-8-26(9-13-33)29(35)31-10-7-11-34-17-21(2)14-22(3)18-34/h15-16,21-22,26H,7-14,17-19H2,1-6H3,(H,31,35)/t21-,22+. The Morgan fingerprint density at radius 1 is 1.03 bits per heavy atom. The average Bonchev–Trinajstić information content (AvgIpc) is 3.15. The van der Waals surface area contributed by atoms with Crippen LogP contribution < -0.4 is 5.32 Å². The Morgan fingerprint density at radius 3 is 2.31 bits per heavy atom. The van der Waals surface area contributed by atoms with Crippen molar-refractivity contribution in [2.75, 3.05) is 39.3 Å². The molecule has 3 heterocycles. The van der Waals surface area contributed by atoms with Gasteiger partial charge in [-0.05, 0) is 96.0 Å². The second-order valence-electron chi connectivity index (χ2n) is 11.7. The third-order valence-electron chi connectivity index (χ3n) is 8.01. The van der Waals surface area contributed by atoms with Crippen LogP contribution in [0.4, 0.5) is 0 Å². The molecule has 1 aromatic heterocycles. The van der Waals surface area contributed by atoms with E-state index in [0.29, 0.717) is 0 Å². The zero-order chi connectivity index (χ0) is 25.8. The summed E-state index contributed by atoms with van der Waals surface area (Å²) in [6.45, 7) is 20.0. The molecule has 2 saturated heterocycles. The van der Waals surface area contributed by atoms with Gasteiger partial charge in [-0.1, -0.05) is 31.5 Å². The van der Waals surface area contributed by atoms with Crippen LogP contribution in [-0.2, 0) is 11.3 Å². The summed E-state index contributed by atoms with van der Waals surface area (Å²) < 4.78 is 6.11. The van der Waals surface area contributed by atoms with E-state index in [1.807, 2.05) is 6.92 Å². The molecule has 0 radical (unpaired) electrons. The first-order chi connectivity index (χ1) is 17.2. The Bertz CT molecular complexity index is 1000. The molecule has 2 fully saturated rings. The maximum Gasteiger partial charge on any atom is 0.227 e. The number of rotatable bonds is 8. The first kappa shape index (κ1) is 26.9. The molecule has 0 saturated carbocycles. The third-order valence-corrected chi connectivity index (χ3v) is 8.01. The molecule has 2 aliphatic heterocycles. The minimum atomic E-state index is 0.128. The highest BCUT2D eigenvalue weighted by molar-refractivity contribution is 5.78. The van der Waals surface area contributed by atoms with E-state index in [1.165, 1.54) is 36.2 Å². The lowest BCUT2D eigenvalue weighted by molar-refractivity contribution is -0.126. The van der Waals surface area contributed by atoms with Gasteiger partial charge >= 0.3 is 0 Å². The van der Waals surface area contributed by atoms with Crippen molar-refractivity contribution in [2.45, 2.75) is 73.8 Å². The number of amides is 1. The van der Waals surface area contributed by atoms with E-state index in [0.717, 1.165) is 86.7 Å². The van der Waals surface area contributed by atoms with Gasteiger partial charge in [0, 0.05) is 37.7 Å². The molecular formula is C30H46N4O2. The van der Waals surface area contributed by atoms with Crippen molar-refractivity contribution in [1.29, 1.82) is 0 Å². The number of piperidine rings is 2. The van der Waals surface area contributed by atoms with Crippen LogP contribution >= 0.6 is 0 Å². The number of hydrogen-bond acceptors (Lipinski definition) is 5. The zero-order valence-corrected chi connectivity index (χ0v) is 23.3. The van der Waals surface area contributed by atoms with Gasteiger partial charge in [0.2, 0.25) is 11.8 Å². The maximum absolute atomic E-state index is 12.7. The molecule has 0 bridgehead atoms. The number of hydrogen-bond donors (Lipinski definition) is 1. The summed E-state index contributed by atoms with van der Waals surface area (Å²) in [6, 6.07) is 4.37. The van der Waals surface area contributed by atoms with Crippen LogP contribution in [0.25, 0.3) is 11.5 Å². The van der Waals surface area contributed by atoms with Gasteiger partial charge in [0.05, 0.1) is 5.69 Å². The molecule has 0 aliphatic carbocycles. The monoisotopic (exact) mass is 494 g/mol. The molecule has 2 atom stereocenters. The number of likely N-dealkylation sites (tertiary alicyclic amines) is 2. The second-order valence-corrected chi connectivity index (χ2v) is 11.7. The highest BCUT2D eigenvalue weighted by Crippen LogP contribution is 2.30. The van der Waals surface area contributed by atoms with Crippen molar-refractivity contribution in [2.24, 2.45) is 17.8 Å². The SMILES string of the molecule is Cc1cc(C)c(-c2nc(CN3CCC(C(=O)NCCCN4C[C@H](C)C[C@H](C)C4)CC3)c(C)o2)c(C)c1. The number of carbonyl (C=O) groups excluding carboxylic acids is 1. The van der Waals surface area contributed by atoms with Crippen LogP contribution in [0.5, 0.6) is 0 Å². The Labute approximate surface area is 217 Å². The lowest BCUT2D eigenvalue weighted by Crippen LogP contribution is -2.42. The average molecular weight is 495 g/mol. The van der Waals surface area contributed by atoms with Crippen molar-refractivity contribution in [1.82, 2.24) is 20.1 Å². The van der Waals surface area contributed by atoms with Gasteiger partial charge in [-0.2, -0.15) is 0 Å². The molecule has 2 aromatic rings. The van der Waals surface area contributed by atoms with E-state index in [2.05, 4.69) is 61.9 Å². The van der Waals surface area contributed by atoms with E-state index in [9.17, 15) is 4.79 Å². The number of aryl methyl sites for hydroxylation is 4. The molecule has 0 unspecified atom stereocenters. The molecule has 1 N–H and O–H groups in total. The maximum atomic E-state index is 12.7. The van der Waals surface area contributed by atoms with E-state index in [-0.39, 0.29) is 11.8 Å². The highest BCUT2D eigenvalue weighted by atomic mass is 16.4. The first-order valence-electron chi connectivity index (χ1n) is 14.0. The highest BCUT2D eigenvalue weighted by Gasteiger charge is 2.26. The van der Waals surface area contributed by atoms with Crippen molar-refractivity contribution in [3.8, 4) is 11.5 Å². The molecule has 1 aromatic carbocycles. The van der Waals surface area contributed by atoms with Gasteiger partial charge in [0.1, 0.15) is 5.76 Å². The number of oxazole rings is 1. The summed E-state index contributed by atoms with van der Waals surface area (Å²) in [5.41, 5.74) is 5.78. The van der Waals surface area contributed by atoms with Gasteiger partial charge in [0.25, 0.3) is 0 Å². The van der Waals surface area contributed by atoms with Crippen molar-refractivity contribution < 1.29 is 9.21 Å². The fourth-order valence-corrected chi connectivity index (χ4v) is 6.40. The molecule has 36 heavy (non-hydrogen) atoms. The Morgan fingerprint density at radius 2 is 1.67 bits per heavy atom. The van der Waals surface area contributed by atoms with E-state index in [4.69, 9.17) is 9.40 Å². The lowest BCUT2D eigenvalue weighted by atomic mass is 9.92. The number of nitrogens with one attached hydrogen (secondary N) is 1. The number of aromatic nitrogens is 1. The van der Waals surface area contributed by atoms with Crippen molar-refractivity contribution in [3.05, 3.63) is 40.3 Å². The molecule has 0 spiro atoms. The molecule has 2 aliphatic rings. The van der Waals surface area contributed by atoms with Gasteiger partial charge in [0.15, 0.2) is 0 Å². The minimum absolute atomic E-state index is 0.128. The quantitative estimate of drug-likeness (QED) is 0.507. The largest absolute Gasteiger partial charge is 0.441 e. The Kier molecular flexibility index (Phi) is 8.89. The Balaban J connectivity index is 1.21. The normalized spacial score (nSPS) is 22.2. The van der Waals surface area contributed by atoms with Gasteiger partial charge < -0.3 is 14.6 Å². The van der Waals surface area contributed by atoms with Crippen LogP contribution in [0.2, 0.25) is 0 Å². The Hall–Kier alpha value is -2.18. The molecule has 1 amide bonds. The summed E-state index contributed by atoms with van der Waals surface area (Å²) in [5, 5.41) is 3.21. The summed E-state index contributed by atoms with van der Waals surface area (Å²) in [4.78, 5) is 22.6. The molecule has 6 nitrogen and oxygen atoms in total. The number of nitrogens with zero attached hydrogens (tertiary/aromatic N) is 3. The van der Waals surface area contributed by atoms with Gasteiger partial charge in [-0.25, -0.2) is 4.98 Å². The predicted octanol–water partition coefficient (Wildman–Crippen LogP) is 5.27. The number of benzene rings is 1. The summed E-state index contributed by atoms with van der Waals surface area (Å²) in [5.74, 6) is 3.55. The van der Waals surface area contributed by atoms with Crippen LogP contribution in [0.15, 0.2) is 16.5 Å². The molecule has 6 heteroatoms. The fraction of sp³-hybridized carbons (Fsp3) is 0.667. The molecule has 4 rings (SSSR count). The van der Waals surface area contributed by atoms with Crippen LogP contribution in [0, 0.1) is 45.4 Å². The van der Waals surface area contributed by atoms with E-state index < -0.39 is 0 Å². The van der Waals surface area contributed by atoms with Crippen LogP contribution in [-0.4, -0.2) is 60.0 Å². The predicted molar refractivity (Wildman–Crippen MR) is 146 cm³/mol. The zero-order valence-electron chi connectivity index (χ0n) is 23.3. The van der Waals surface area contributed by atoms with E-state index in [1.54, 1.807) is 0 Å². The third kappa shape index (κ3) is 6.77. The van der Waals surface area contributed by atoms with Gasteiger partial charge in [-0.3, -0.25) is 9.69 Å². The summed E-state index contributed by atoms with van der Waals surface area (Å²) >= 11 is 0. The fourth-order valence-electron chi connectivity index (χ4n) is 6.40. The smallest absolute Gasteiger partial charge is 0.227 e. The topological polar surface area (TPSA) is 61.6 Å². The van der Waals surface area contributed by atoms with Crippen molar-refractivity contribution >= 4 is 5.91 Å². The van der Waals surface area contributed by atoms with Crippen LogP contribution in [0.3, 0.4) is 0 Å². The minimum Gasteiger partial charge on any atom is -0.441 e. The molecular weight excluding hydrogens is 448 g/mol. The second kappa shape index (κ2) is 11.9. The van der Waals surface area contributed by atoms with Crippen LogP contribution in [0.1, 0.15) is 67.7 Å². The van der Waals surface area contributed by atoms with Crippen molar-refractivity contribution in [3.63, 3.8) is 0 Å². The number of carbonyl (C=O) groups is 1. The summed E-state index contributed by atoms with van der Waals surface area (Å²) in [7, 11) is 0. The van der Waals surface area contributed by atoms with E-state index >= 15 is 0 Å². The first-order valence-corrected chi connectivity index (χ1v) is 14.0. The van der Waals surface area contributed by atoms with Gasteiger partial charge in [-0.15, -0.1) is 0 Å².